The Morgan fingerprint density at radius 3 is 2.23 bits per heavy atom. The van der Waals surface area contributed by atoms with E-state index in [1.54, 1.807) is 24.3 Å². The van der Waals surface area contributed by atoms with Crippen LogP contribution in [0.3, 0.4) is 0 Å². The quantitative estimate of drug-likeness (QED) is 0.533. The summed E-state index contributed by atoms with van der Waals surface area (Å²) in [6.07, 6.45) is 0.823. The van der Waals surface area contributed by atoms with Gasteiger partial charge in [-0.25, -0.2) is 13.3 Å². The van der Waals surface area contributed by atoms with Gasteiger partial charge in [-0.15, -0.1) is 0 Å². The smallest absolute Gasteiger partial charge is 0.326 e. The van der Waals surface area contributed by atoms with Crippen molar-refractivity contribution in [2.75, 3.05) is 13.3 Å². The Morgan fingerprint density at radius 1 is 1.03 bits per heavy atom. The maximum Gasteiger partial charge on any atom is 0.326 e. The van der Waals surface area contributed by atoms with E-state index >= 15 is 0 Å². The van der Waals surface area contributed by atoms with Gasteiger partial charge in [0.1, 0.15) is 6.04 Å². The molecular formula is C21H20N2O6S. The second-order valence-electron chi connectivity index (χ2n) is 7.26. The second-order valence-corrected chi connectivity index (χ2v) is 9.15. The number of esters is 1. The highest BCUT2D eigenvalue weighted by atomic mass is 32.2. The van der Waals surface area contributed by atoms with Gasteiger partial charge in [-0.2, -0.15) is 4.31 Å². The number of hydrogen-bond donors (Lipinski definition) is 0. The van der Waals surface area contributed by atoms with E-state index in [4.69, 9.17) is 4.74 Å². The monoisotopic (exact) mass is 428 g/mol. The number of hydrogen-bond acceptors (Lipinski definition) is 6. The molecule has 0 bridgehead atoms. The Bertz CT molecular complexity index is 1090. The molecule has 9 heteroatoms. The molecule has 0 radical (unpaired) electrons. The highest BCUT2D eigenvalue weighted by Crippen LogP contribution is 2.28. The van der Waals surface area contributed by atoms with Crippen LogP contribution >= 0.6 is 0 Å². The SMILES string of the molecule is Cc1ccc(S(=O)(=O)N2CCC[C@H]2C(=O)OCN2C(=O)c3ccccc3C2=O)cc1. The summed E-state index contributed by atoms with van der Waals surface area (Å²) < 4.78 is 32.3. The average molecular weight is 428 g/mol. The highest BCUT2D eigenvalue weighted by molar-refractivity contribution is 7.89. The first-order chi connectivity index (χ1) is 14.3. The Hall–Kier alpha value is -3.04. The number of imide groups is 1. The number of nitrogens with zero attached hydrogens (tertiary/aromatic N) is 2. The van der Waals surface area contributed by atoms with E-state index in [0.717, 1.165) is 14.8 Å². The summed E-state index contributed by atoms with van der Waals surface area (Å²) in [5.41, 5.74) is 1.43. The number of carbonyl (C=O) groups excluding carboxylic acids is 3. The Labute approximate surface area is 174 Å². The summed E-state index contributed by atoms with van der Waals surface area (Å²) >= 11 is 0. The molecule has 4 rings (SSSR count). The van der Waals surface area contributed by atoms with Crippen LogP contribution < -0.4 is 0 Å². The standard InChI is InChI=1S/C21H20N2O6S/c1-14-8-10-15(11-9-14)30(27,28)23-12-4-7-18(23)21(26)29-13-22-19(24)16-5-2-3-6-17(16)20(22)25/h2-3,5-6,8-11,18H,4,7,12-13H2,1H3/t18-/m0/s1. The zero-order valence-electron chi connectivity index (χ0n) is 16.3. The van der Waals surface area contributed by atoms with Crippen LogP contribution in [0, 0.1) is 6.92 Å². The van der Waals surface area contributed by atoms with E-state index in [2.05, 4.69) is 0 Å². The van der Waals surface area contributed by atoms with Crippen LogP contribution in [-0.2, 0) is 19.6 Å². The molecule has 156 valence electrons. The van der Waals surface area contributed by atoms with Crippen molar-refractivity contribution in [1.29, 1.82) is 0 Å². The largest absolute Gasteiger partial charge is 0.442 e. The number of rotatable bonds is 5. The lowest BCUT2D eigenvalue weighted by molar-refractivity contribution is -0.150. The van der Waals surface area contributed by atoms with Gasteiger partial charge in [-0.3, -0.25) is 14.4 Å². The molecule has 0 aromatic heterocycles. The molecule has 2 aliphatic rings. The summed E-state index contributed by atoms with van der Waals surface area (Å²) in [7, 11) is -3.87. The molecule has 0 unspecified atom stereocenters. The number of amides is 2. The van der Waals surface area contributed by atoms with E-state index < -0.39 is 40.6 Å². The van der Waals surface area contributed by atoms with Crippen LogP contribution in [0.25, 0.3) is 0 Å². The van der Waals surface area contributed by atoms with Gasteiger partial charge in [-0.1, -0.05) is 29.8 Å². The molecule has 1 saturated heterocycles. The Morgan fingerprint density at radius 2 is 1.63 bits per heavy atom. The molecule has 8 nitrogen and oxygen atoms in total. The van der Waals surface area contributed by atoms with E-state index in [1.165, 1.54) is 24.3 Å². The first-order valence-electron chi connectivity index (χ1n) is 9.51. The van der Waals surface area contributed by atoms with E-state index in [-0.39, 0.29) is 22.6 Å². The summed E-state index contributed by atoms with van der Waals surface area (Å²) in [4.78, 5) is 38.4. The van der Waals surface area contributed by atoms with E-state index in [1.807, 2.05) is 6.92 Å². The molecule has 0 aliphatic carbocycles. The number of ether oxygens (including phenoxy) is 1. The predicted molar refractivity (Wildman–Crippen MR) is 106 cm³/mol. The van der Waals surface area contributed by atoms with Gasteiger partial charge in [0.15, 0.2) is 6.73 Å². The molecule has 2 aliphatic heterocycles. The van der Waals surface area contributed by atoms with Gasteiger partial charge in [-0.05, 0) is 44.0 Å². The van der Waals surface area contributed by atoms with Crippen molar-refractivity contribution >= 4 is 27.8 Å². The van der Waals surface area contributed by atoms with Gasteiger partial charge in [0.2, 0.25) is 10.0 Å². The lowest BCUT2D eigenvalue weighted by Gasteiger charge is -2.23. The fraction of sp³-hybridized carbons (Fsp3) is 0.286. The minimum atomic E-state index is -3.87. The minimum absolute atomic E-state index is 0.105. The molecule has 0 spiro atoms. The van der Waals surface area contributed by atoms with Crippen LogP contribution in [-0.4, -0.2) is 54.7 Å². The lowest BCUT2D eigenvalue weighted by Crippen LogP contribution is -2.43. The number of benzene rings is 2. The third-order valence-corrected chi connectivity index (χ3v) is 7.24. The van der Waals surface area contributed by atoms with Crippen molar-refractivity contribution in [2.24, 2.45) is 0 Å². The van der Waals surface area contributed by atoms with Crippen molar-refractivity contribution < 1.29 is 27.5 Å². The first-order valence-corrected chi connectivity index (χ1v) is 10.9. The van der Waals surface area contributed by atoms with Gasteiger partial charge < -0.3 is 4.74 Å². The Balaban J connectivity index is 1.47. The predicted octanol–water partition coefficient (Wildman–Crippen LogP) is 1.95. The number of aryl methyl sites for hydroxylation is 1. The van der Waals surface area contributed by atoms with Crippen LogP contribution in [0.15, 0.2) is 53.4 Å². The van der Waals surface area contributed by atoms with Crippen molar-refractivity contribution in [3.05, 3.63) is 65.2 Å². The average Bonchev–Trinajstić information content (AvgIpc) is 3.32. The summed E-state index contributed by atoms with van der Waals surface area (Å²) in [6, 6.07) is 11.8. The molecule has 30 heavy (non-hydrogen) atoms. The molecule has 0 saturated carbocycles. The van der Waals surface area contributed by atoms with Crippen molar-refractivity contribution in [1.82, 2.24) is 9.21 Å². The third kappa shape index (κ3) is 3.40. The number of sulfonamides is 1. The lowest BCUT2D eigenvalue weighted by atomic mass is 10.1. The van der Waals surface area contributed by atoms with Crippen molar-refractivity contribution in [3.63, 3.8) is 0 Å². The first kappa shape index (κ1) is 20.2. The molecule has 2 aromatic rings. The van der Waals surface area contributed by atoms with Crippen LogP contribution in [0.4, 0.5) is 0 Å². The third-order valence-electron chi connectivity index (χ3n) is 5.32. The summed E-state index contributed by atoms with van der Waals surface area (Å²) in [6.45, 7) is 1.49. The maximum atomic E-state index is 13.0. The van der Waals surface area contributed by atoms with E-state index in [9.17, 15) is 22.8 Å². The summed E-state index contributed by atoms with van der Waals surface area (Å²) in [5, 5.41) is 0. The second kappa shape index (κ2) is 7.66. The zero-order chi connectivity index (χ0) is 21.5. The maximum absolute atomic E-state index is 13.0. The van der Waals surface area contributed by atoms with Crippen LogP contribution in [0.2, 0.25) is 0 Å². The van der Waals surface area contributed by atoms with Gasteiger partial charge in [0.25, 0.3) is 11.8 Å². The molecule has 1 atom stereocenters. The summed E-state index contributed by atoms with van der Waals surface area (Å²) in [5.74, 6) is -1.86. The number of carbonyl (C=O) groups is 3. The van der Waals surface area contributed by atoms with Gasteiger partial charge in [0.05, 0.1) is 16.0 Å². The molecule has 2 heterocycles. The molecule has 0 N–H and O–H groups in total. The minimum Gasteiger partial charge on any atom is -0.442 e. The molecule has 2 amide bonds. The highest BCUT2D eigenvalue weighted by Gasteiger charge is 2.42. The van der Waals surface area contributed by atoms with Crippen LogP contribution in [0.5, 0.6) is 0 Å². The Kier molecular flexibility index (Phi) is 5.17. The fourth-order valence-electron chi connectivity index (χ4n) is 3.69. The van der Waals surface area contributed by atoms with Gasteiger partial charge in [0, 0.05) is 6.54 Å². The van der Waals surface area contributed by atoms with Gasteiger partial charge >= 0.3 is 5.97 Å². The normalized spacial score (nSPS) is 19.2. The topological polar surface area (TPSA) is 101 Å². The number of fused-ring (bicyclic) bond motifs is 1. The van der Waals surface area contributed by atoms with E-state index in [0.29, 0.717) is 12.8 Å². The van der Waals surface area contributed by atoms with Crippen molar-refractivity contribution in [2.45, 2.75) is 30.7 Å². The molecule has 2 aromatic carbocycles. The molecule has 1 fully saturated rings. The zero-order valence-corrected chi connectivity index (χ0v) is 17.1. The van der Waals surface area contributed by atoms with Crippen molar-refractivity contribution in [3.8, 4) is 0 Å². The molecular weight excluding hydrogens is 408 g/mol. The van der Waals surface area contributed by atoms with Crippen LogP contribution in [0.1, 0.15) is 39.1 Å². The fourth-order valence-corrected chi connectivity index (χ4v) is 5.34.